The van der Waals surface area contributed by atoms with Crippen LogP contribution in [-0.4, -0.2) is 63.8 Å². The van der Waals surface area contributed by atoms with E-state index in [1.807, 2.05) is 7.05 Å². The topological polar surface area (TPSA) is 53.6 Å². The first kappa shape index (κ1) is 13.4. The summed E-state index contributed by atoms with van der Waals surface area (Å²) in [5.41, 5.74) is 0. The van der Waals surface area contributed by atoms with Crippen LogP contribution in [0.2, 0.25) is 0 Å². The third-order valence-electron chi connectivity index (χ3n) is 2.74. The molecule has 0 saturated carbocycles. The molecule has 0 aromatic heterocycles. The van der Waals surface area contributed by atoms with E-state index in [4.69, 9.17) is 4.74 Å². The fraction of sp³-hybridized carbons (Fsp3) is 0.909. The van der Waals surface area contributed by atoms with Crippen molar-refractivity contribution in [2.24, 2.45) is 0 Å². The zero-order valence-electron chi connectivity index (χ0n) is 10.3. The predicted octanol–water partition coefficient (Wildman–Crippen LogP) is -0.567. The molecule has 0 spiro atoms. The summed E-state index contributed by atoms with van der Waals surface area (Å²) >= 11 is 0. The highest BCUT2D eigenvalue weighted by atomic mass is 16.5. The van der Waals surface area contributed by atoms with Crippen molar-refractivity contribution in [3.63, 3.8) is 0 Å². The molecule has 94 valence electrons. The van der Waals surface area contributed by atoms with Crippen LogP contribution in [0, 0.1) is 0 Å². The van der Waals surface area contributed by atoms with Crippen molar-refractivity contribution in [2.45, 2.75) is 18.9 Å². The van der Waals surface area contributed by atoms with Crippen LogP contribution in [0.3, 0.4) is 0 Å². The predicted molar refractivity (Wildman–Crippen MR) is 63.4 cm³/mol. The fourth-order valence-electron chi connectivity index (χ4n) is 1.95. The van der Waals surface area contributed by atoms with E-state index in [9.17, 15) is 4.79 Å². The molecule has 0 aliphatic carbocycles. The molecule has 0 aromatic rings. The van der Waals surface area contributed by atoms with Gasteiger partial charge in [-0.15, -0.1) is 0 Å². The van der Waals surface area contributed by atoms with Crippen molar-refractivity contribution >= 4 is 5.91 Å². The number of methoxy groups -OCH3 is 1. The van der Waals surface area contributed by atoms with E-state index in [0.717, 1.165) is 13.1 Å². The van der Waals surface area contributed by atoms with Gasteiger partial charge in [-0.25, -0.2) is 0 Å². The van der Waals surface area contributed by atoms with Crippen LogP contribution in [0.5, 0.6) is 0 Å². The maximum absolute atomic E-state index is 11.5. The molecule has 2 N–H and O–H groups in total. The summed E-state index contributed by atoms with van der Waals surface area (Å²) in [6.45, 7) is 3.67. The third kappa shape index (κ3) is 5.44. The zero-order valence-corrected chi connectivity index (χ0v) is 10.3. The van der Waals surface area contributed by atoms with Gasteiger partial charge in [-0.05, 0) is 26.4 Å². The molecule has 1 aliphatic rings. The second-order valence-electron chi connectivity index (χ2n) is 4.33. The van der Waals surface area contributed by atoms with Gasteiger partial charge in [-0.3, -0.25) is 9.69 Å². The number of hydrogen-bond acceptors (Lipinski definition) is 4. The van der Waals surface area contributed by atoms with Crippen molar-refractivity contribution in [3.05, 3.63) is 0 Å². The highest BCUT2D eigenvalue weighted by molar-refractivity contribution is 5.77. The average Bonchev–Trinajstić information content (AvgIpc) is 2.70. The van der Waals surface area contributed by atoms with Crippen LogP contribution in [0.1, 0.15) is 12.8 Å². The summed E-state index contributed by atoms with van der Waals surface area (Å²) in [5, 5.41) is 6.23. The highest BCUT2D eigenvalue weighted by Gasteiger charge is 2.16. The molecule has 0 bridgehead atoms. The van der Waals surface area contributed by atoms with Crippen molar-refractivity contribution < 1.29 is 9.53 Å². The number of nitrogens with zero attached hydrogens (tertiary/aromatic N) is 1. The minimum Gasteiger partial charge on any atom is -0.383 e. The summed E-state index contributed by atoms with van der Waals surface area (Å²) in [6.07, 6.45) is 2.47. The Kier molecular flexibility index (Phi) is 6.37. The van der Waals surface area contributed by atoms with Gasteiger partial charge in [0.1, 0.15) is 0 Å². The molecule has 16 heavy (non-hydrogen) atoms. The SMILES string of the molecule is COCCNC(=O)CN(C)CC1CCCN1. The van der Waals surface area contributed by atoms with Crippen LogP contribution in [0.4, 0.5) is 0 Å². The van der Waals surface area contributed by atoms with Crippen LogP contribution in [0.15, 0.2) is 0 Å². The number of likely N-dealkylation sites (N-methyl/N-ethyl adjacent to an activating group) is 1. The Balaban J connectivity index is 2.07. The summed E-state index contributed by atoms with van der Waals surface area (Å²) in [7, 11) is 3.61. The average molecular weight is 229 g/mol. The Morgan fingerprint density at radius 1 is 1.62 bits per heavy atom. The molecule has 0 aromatic carbocycles. The van der Waals surface area contributed by atoms with Crippen molar-refractivity contribution in [2.75, 3.05) is 46.9 Å². The minimum absolute atomic E-state index is 0.0672. The lowest BCUT2D eigenvalue weighted by atomic mass is 10.2. The first-order chi connectivity index (χ1) is 7.72. The van der Waals surface area contributed by atoms with E-state index in [-0.39, 0.29) is 5.91 Å². The maximum Gasteiger partial charge on any atom is 0.234 e. The van der Waals surface area contributed by atoms with Gasteiger partial charge < -0.3 is 15.4 Å². The van der Waals surface area contributed by atoms with E-state index in [1.165, 1.54) is 12.8 Å². The molecule has 1 amide bonds. The molecule has 1 heterocycles. The van der Waals surface area contributed by atoms with Crippen molar-refractivity contribution in [1.29, 1.82) is 0 Å². The van der Waals surface area contributed by atoms with Crippen LogP contribution < -0.4 is 10.6 Å². The molecule has 1 rings (SSSR count). The van der Waals surface area contributed by atoms with E-state index in [2.05, 4.69) is 15.5 Å². The molecule has 1 aliphatic heterocycles. The lowest BCUT2D eigenvalue weighted by Crippen LogP contribution is -2.41. The quantitative estimate of drug-likeness (QED) is 0.574. The normalized spacial score (nSPS) is 20.3. The first-order valence-electron chi connectivity index (χ1n) is 5.90. The second kappa shape index (κ2) is 7.60. The third-order valence-corrected chi connectivity index (χ3v) is 2.74. The Labute approximate surface area is 97.5 Å². The number of rotatable bonds is 7. The molecule has 1 unspecified atom stereocenters. The standard InChI is InChI=1S/C11H23N3O2/c1-14(8-10-4-3-5-12-10)9-11(15)13-6-7-16-2/h10,12H,3-9H2,1-2H3,(H,13,15). The Bertz CT molecular complexity index is 205. The highest BCUT2D eigenvalue weighted by Crippen LogP contribution is 2.05. The largest absolute Gasteiger partial charge is 0.383 e. The van der Waals surface area contributed by atoms with Gasteiger partial charge in [0.25, 0.3) is 0 Å². The van der Waals surface area contributed by atoms with Gasteiger partial charge in [0.05, 0.1) is 13.2 Å². The monoisotopic (exact) mass is 229 g/mol. The lowest BCUT2D eigenvalue weighted by molar-refractivity contribution is -0.122. The Morgan fingerprint density at radius 2 is 2.44 bits per heavy atom. The van der Waals surface area contributed by atoms with Gasteiger partial charge in [-0.1, -0.05) is 0 Å². The summed E-state index contributed by atoms with van der Waals surface area (Å²) in [5.74, 6) is 0.0672. The molecule has 5 nitrogen and oxygen atoms in total. The molecule has 1 saturated heterocycles. The van der Waals surface area contributed by atoms with Crippen LogP contribution in [0.25, 0.3) is 0 Å². The van der Waals surface area contributed by atoms with E-state index in [0.29, 0.717) is 25.7 Å². The number of carbonyl (C=O) groups is 1. The number of amides is 1. The number of carbonyl (C=O) groups excluding carboxylic acids is 1. The zero-order chi connectivity index (χ0) is 11.8. The molecular formula is C11H23N3O2. The minimum atomic E-state index is 0.0672. The summed E-state index contributed by atoms with van der Waals surface area (Å²) < 4.78 is 4.87. The smallest absolute Gasteiger partial charge is 0.234 e. The number of nitrogens with one attached hydrogen (secondary N) is 2. The molecule has 5 heteroatoms. The van der Waals surface area contributed by atoms with Crippen molar-refractivity contribution in [1.82, 2.24) is 15.5 Å². The Hall–Kier alpha value is -0.650. The molecule has 1 atom stereocenters. The van der Waals surface area contributed by atoms with Crippen molar-refractivity contribution in [3.8, 4) is 0 Å². The van der Waals surface area contributed by atoms with Gasteiger partial charge >= 0.3 is 0 Å². The molecular weight excluding hydrogens is 206 g/mol. The number of hydrogen-bond donors (Lipinski definition) is 2. The fourth-order valence-corrected chi connectivity index (χ4v) is 1.95. The van der Waals surface area contributed by atoms with Gasteiger partial charge in [0, 0.05) is 26.2 Å². The van der Waals surface area contributed by atoms with Crippen LogP contribution in [-0.2, 0) is 9.53 Å². The van der Waals surface area contributed by atoms with Gasteiger partial charge in [-0.2, -0.15) is 0 Å². The van der Waals surface area contributed by atoms with E-state index in [1.54, 1.807) is 7.11 Å². The van der Waals surface area contributed by atoms with E-state index >= 15 is 0 Å². The van der Waals surface area contributed by atoms with Crippen LogP contribution >= 0.6 is 0 Å². The molecule has 0 radical (unpaired) electrons. The number of ether oxygens (including phenoxy) is 1. The second-order valence-corrected chi connectivity index (χ2v) is 4.33. The maximum atomic E-state index is 11.5. The summed E-state index contributed by atoms with van der Waals surface area (Å²) in [4.78, 5) is 13.5. The van der Waals surface area contributed by atoms with Gasteiger partial charge in [0.2, 0.25) is 5.91 Å². The lowest BCUT2D eigenvalue weighted by Gasteiger charge is -2.20. The van der Waals surface area contributed by atoms with E-state index < -0.39 is 0 Å². The van der Waals surface area contributed by atoms with Gasteiger partial charge in [0.15, 0.2) is 0 Å². The Morgan fingerprint density at radius 3 is 3.06 bits per heavy atom. The summed E-state index contributed by atoms with van der Waals surface area (Å²) in [6, 6.07) is 0.553. The first-order valence-corrected chi connectivity index (χ1v) is 5.90. The molecule has 1 fully saturated rings.